The number of amides is 1. The minimum absolute atomic E-state index is 0.0476. The number of nitrogens with one attached hydrogen (secondary N) is 1. The van der Waals surface area contributed by atoms with E-state index in [0.29, 0.717) is 13.1 Å². The van der Waals surface area contributed by atoms with Gasteiger partial charge in [-0.1, -0.05) is 58.4 Å². The Kier molecular flexibility index (Phi) is 8.13. The molecule has 0 saturated heterocycles. The second kappa shape index (κ2) is 11.4. The van der Waals surface area contributed by atoms with E-state index in [2.05, 4.69) is 62.5 Å². The molecule has 0 radical (unpaired) electrons. The molecule has 0 bridgehead atoms. The first kappa shape index (κ1) is 23.5. The maximum Gasteiger partial charge on any atom is 0.227 e. The molecule has 172 valence electrons. The molecule has 0 saturated carbocycles. The number of carbonyl (C=O) groups excluding carboxylic acids is 1. The van der Waals surface area contributed by atoms with Crippen molar-refractivity contribution in [3.05, 3.63) is 99.8 Å². The Morgan fingerprint density at radius 2 is 1.73 bits per heavy atom. The lowest BCUT2D eigenvalue weighted by atomic mass is 10.1. The first-order valence-electron chi connectivity index (χ1n) is 11.4. The summed E-state index contributed by atoms with van der Waals surface area (Å²) in [5.41, 5.74) is 4.25. The van der Waals surface area contributed by atoms with Crippen LogP contribution >= 0.6 is 15.9 Å². The normalized spacial score (nSPS) is 15.3. The van der Waals surface area contributed by atoms with Crippen LogP contribution in [0.15, 0.2) is 77.3 Å². The Labute approximate surface area is 203 Å². The van der Waals surface area contributed by atoms with Crippen LogP contribution in [0.5, 0.6) is 0 Å². The molecule has 0 unspecified atom stereocenters. The Balaban J connectivity index is 1.55. The third kappa shape index (κ3) is 6.89. The molecular formula is C27H29BrFN3O. The molecule has 1 heterocycles. The highest BCUT2D eigenvalue weighted by atomic mass is 79.9. The van der Waals surface area contributed by atoms with Gasteiger partial charge in [0.1, 0.15) is 5.82 Å². The van der Waals surface area contributed by atoms with Crippen LogP contribution in [0.1, 0.15) is 23.1 Å². The van der Waals surface area contributed by atoms with E-state index >= 15 is 0 Å². The third-order valence-electron chi connectivity index (χ3n) is 5.95. The highest BCUT2D eigenvalue weighted by molar-refractivity contribution is 9.10. The Hall–Kier alpha value is -2.70. The highest BCUT2D eigenvalue weighted by Gasteiger charge is 2.19. The quantitative estimate of drug-likeness (QED) is 0.505. The lowest BCUT2D eigenvalue weighted by Crippen LogP contribution is -2.39. The second-order valence-corrected chi connectivity index (χ2v) is 9.38. The van der Waals surface area contributed by atoms with Crippen LogP contribution in [0, 0.1) is 5.82 Å². The van der Waals surface area contributed by atoms with Crippen molar-refractivity contribution in [2.75, 3.05) is 31.5 Å². The zero-order valence-corrected chi connectivity index (χ0v) is 20.2. The fourth-order valence-electron chi connectivity index (χ4n) is 4.15. The van der Waals surface area contributed by atoms with Crippen molar-refractivity contribution in [3.8, 4) is 0 Å². The molecule has 1 aliphatic rings. The van der Waals surface area contributed by atoms with E-state index in [1.54, 1.807) is 12.1 Å². The van der Waals surface area contributed by atoms with Crippen LogP contribution in [-0.4, -0.2) is 41.9 Å². The van der Waals surface area contributed by atoms with E-state index in [9.17, 15) is 9.18 Å². The van der Waals surface area contributed by atoms with Crippen molar-refractivity contribution in [2.24, 2.45) is 0 Å². The van der Waals surface area contributed by atoms with Crippen LogP contribution in [0.3, 0.4) is 0 Å². The predicted molar refractivity (Wildman–Crippen MR) is 134 cm³/mol. The molecule has 4 nitrogen and oxygen atoms in total. The average Bonchev–Trinajstić information content (AvgIpc) is 2.85. The van der Waals surface area contributed by atoms with E-state index in [1.165, 1.54) is 17.7 Å². The minimum Gasteiger partial charge on any atom is -0.385 e. The summed E-state index contributed by atoms with van der Waals surface area (Å²) in [4.78, 5) is 17.7. The summed E-state index contributed by atoms with van der Waals surface area (Å²) in [5, 5.41) is 3.56. The molecular weight excluding hydrogens is 481 g/mol. The fourth-order valence-corrected chi connectivity index (χ4v) is 4.56. The van der Waals surface area contributed by atoms with Gasteiger partial charge in [-0.25, -0.2) is 4.39 Å². The smallest absolute Gasteiger partial charge is 0.227 e. The molecule has 1 aliphatic heterocycles. The molecule has 33 heavy (non-hydrogen) atoms. The molecule has 0 spiro atoms. The van der Waals surface area contributed by atoms with E-state index in [-0.39, 0.29) is 18.1 Å². The molecule has 6 heteroatoms. The summed E-state index contributed by atoms with van der Waals surface area (Å²) in [6.07, 6.45) is 1.28. The van der Waals surface area contributed by atoms with Gasteiger partial charge in [-0.2, -0.15) is 0 Å². The largest absolute Gasteiger partial charge is 0.385 e. The van der Waals surface area contributed by atoms with Gasteiger partial charge in [0.05, 0.1) is 6.42 Å². The minimum atomic E-state index is -0.289. The molecule has 1 N–H and O–H groups in total. The Bertz CT molecular complexity index is 1060. The standard InChI is InChI=1S/C27H29BrFN3O/c28-24-9-12-26-23(18-24)20-32(27(33)17-21-7-10-25(29)11-8-21)16-15-31(14-4-13-30-26)19-22-5-2-1-3-6-22/h1-3,5-12,18,30H,4,13-17,19-20H2. The maximum absolute atomic E-state index is 13.3. The number of benzene rings is 3. The average molecular weight is 510 g/mol. The molecule has 0 aliphatic carbocycles. The van der Waals surface area contributed by atoms with Gasteiger partial charge < -0.3 is 10.2 Å². The summed E-state index contributed by atoms with van der Waals surface area (Å²) in [7, 11) is 0. The van der Waals surface area contributed by atoms with Crippen LogP contribution in [0.4, 0.5) is 10.1 Å². The SMILES string of the molecule is O=C(Cc1ccc(F)cc1)N1CCN(Cc2ccccc2)CCCNc2ccc(Br)cc2C1. The van der Waals surface area contributed by atoms with Gasteiger partial charge in [0.25, 0.3) is 0 Å². The van der Waals surface area contributed by atoms with Crippen LogP contribution in [0.2, 0.25) is 0 Å². The van der Waals surface area contributed by atoms with Crippen molar-refractivity contribution < 1.29 is 9.18 Å². The van der Waals surface area contributed by atoms with Crippen molar-refractivity contribution in [3.63, 3.8) is 0 Å². The number of rotatable bonds is 4. The van der Waals surface area contributed by atoms with Gasteiger partial charge in [-0.15, -0.1) is 0 Å². The number of nitrogens with zero attached hydrogens (tertiary/aromatic N) is 2. The number of hydrogen-bond acceptors (Lipinski definition) is 3. The van der Waals surface area contributed by atoms with Crippen molar-refractivity contribution in [2.45, 2.75) is 25.9 Å². The van der Waals surface area contributed by atoms with Gasteiger partial charge in [-0.3, -0.25) is 9.69 Å². The van der Waals surface area contributed by atoms with E-state index < -0.39 is 0 Å². The molecule has 0 atom stereocenters. The van der Waals surface area contributed by atoms with Crippen molar-refractivity contribution in [1.29, 1.82) is 0 Å². The topological polar surface area (TPSA) is 35.6 Å². The zero-order chi connectivity index (χ0) is 23.0. The van der Waals surface area contributed by atoms with Crippen molar-refractivity contribution in [1.82, 2.24) is 9.80 Å². The number of halogens is 2. The number of carbonyl (C=O) groups is 1. The van der Waals surface area contributed by atoms with Crippen LogP contribution in [-0.2, 0) is 24.3 Å². The number of fused-ring (bicyclic) bond motifs is 1. The Morgan fingerprint density at radius 3 is 2.52 bits per heavy atom. The fraction of sp³-hybridized carbons (Fsp3) is 0.296. The molecule has 3 aromatic rings. The first-order valence-corrected chi connectivity index (χ1v) is 12.2. The van der Waals surface area contributed by atoms with Gasteiger partial charge in [0.2, 0.25) is 5.91 Å². The zero-order valence-electron chi connectivity index (χ0n) is 18.6. The highest BCUT2D eigenvalue weighted by Crippen LogP contribution is 2.24. The molecule has 0 fully saturated rings. The first-order chi connectivity index (χ1) is 16.1. The lowest BCUT2D eigenvalue weighted by molar-refractivity contribution is -0.131. The predicted octanol–water partition coefficient (Wildman–Crippen LogP) is 5.48. The van der Waals surface area contributed by atoms with Gasteiger partial charge >= 0.3 is 0 Å². The second-order valence-electron chi connectivity index (χ2n) is 8.46. The van der Waals surface area contributed by atoms with E-state index in [4.69, 9.17) is 0 Å². The summed E-state index contributed by atoms with van der Waals surface area (Å²) in [6.45, 7) is 4.66. The van der Waals surface area contributed by atoms with Crippen LogP contribution < -0.4 is 5.32 Å². The summed E-state index contributed by atoms with van der Waals surface area (Å²) >= 11 is 3.58. The van der Waals surface area contributed by atoms with Crippen LogP contribution in [0.25, 0.3) is 0 Å². The monoisotopic (exact) mass is 509 g/mol. The molecule has 1 amide bonds. The number of hydrogen-bond donors (Lipinski definition) is 1. The van der Waals surface area contributed by atoms with Gasteiger partial charge in [0, 0.05) is 49.4 Å². The Morgan fingerprint density at radius 1 is 0.939 bits per heavy atom. The molecule has 4 rings (SSSR count). The van der Waals surface area contributed by atoms with Crippen molar-refractivity contribution >= 4 is 27.5 Å². The summed E-state index contributed by atoms with van der Waals surface area (Å²) in [5.74, 6) is -0.241. The lowest BCUT2D eigenvalue weighted by Gasteiger charge is -2.28. The molecule has 3 aromatic carbocycles. The third-order valence-corrected chi connectivity index (χ3v) is 6.44. The maximum atomic E-state index is 13.3. The summed E-state index contributed by atoms with van der Waals surface area (Å²) < 4.78 is 14.3. The van der Waals surface area contributed by atoms with E-state index in [0.717, 1.165) is 53.9 Å². The van der Waals surface area contributed by atoms with Gasteiger partial charge in [-0.05, 0) is 53.4 Å². The molecule has 0 aromatic heterocycles. The van der Waals surface area contributed by atoms with Gasteiger partial charge in [0.15, 0.2) is 0 Å². The number of anilines is 1. The summed E-state index contributed by atoms with van der Waals surface area (Å²) in [6, 6.07) is 22.8. The van der Waals surface area contributed by atoms with E-state index in [1.807, 2.05) is 17.0 Å².